The van der Waals surface area contributed by atoms with E-state index in [9.17, 15) is 9.59 Å². The van der Waals surface area contributed by atoms with Gasteiger partial charge in [0.05, 0.1) is 13.1 Å². The van der Waals surface area contributed by atoms with E-state index in [1.807, 2.05) is 16.8 Å². The van der Waals surface area contributed by atoms with Crippen molar-refractivity contribution in [3.05, 3.63) is 0 Å². The number of likely N-dealkylation sites (tertiary alicyclic amines) is 2. The lowest BCUT2D eigenvalue weighted by Crippen LogP contribution is -2.47. The minimum absolute atomic E-state index is 0.0904. The molecular weight excluding hydrogens is 306 g/mol. The van der Waals surface area contributed by atoms with Crippen molar-refractivity contribution in [2.75, 3.05) is 46.3 Å². The molecule has 0 aromatic carbocycles. The molecule has 1 amide bonds. The Kier molecular flexibility index (Phi) is 7.04. The Balaban J connectivity index is 1.81. The maximum absolute atomic E-state index is 12.6. The molecule has 0 aliphatic carbocycles. The van der Waals surface area contributed by atoms with Crippen LogP contribution in [-0.4, -0.2) is 84.0 Å². The van der Waals surface area contributed by atoms with Gasteiger partial charge in [0.25, 0.3) is 0 Å². The first-order chi connectivity index (χ1) is 11.3. The summed E-state index contributed by atoms with van der Waals surface area (Å²) in [6.07, 6.45) is 4.18. The molecule has 0 aromatic heterocycles. The summed E-state index contributed by atoms with van der Waals surface area (Å²) in [5, 5.41) is 8.94. The second-order valence-electron chi connectivity index (χ2n) is 7.91. The van der Waals surface area contributed by atoms with Crippen molar-refractivity contribution in [2.45, 2.75) is 45.6 Å². The molecule has 6 nitrogen and oxygen atoms in total. The van der Waals surface area contributed by atoms with Crippen molar-refractivity contribution in [2.24, 2.45) is 11.8 Å². The van der Waals surface area contributed by atoms with Gasteiger partial charge in [-0.2, -0.15) is 0 Å². The molecule has 2 heterocycles. The van der Waals surface area contributed by atoms with Crippen LogP contribution in [0.15, 0.2) is 0 Å². The average Bonchev–Trinajstić information content (AvgIpc) is 2.71. The van der Waals surface area contributed by atoms with E-state index in [4.69, 9.17) is 5.11 Å². The molecule has 0 radical (unpaired) electrons. The monoisotopic (exact) mass is 339 g/mol. The van der Waals surface area contributed by atoms with E-state index in [0.717, 1.165) is 45.4 Å². The molecule has 3 unspecified atom stereocenters. The molecule has 0 aromatic rings. The summed E-state index contributed by atoms with van der Waals surface area (Å²) in [4.78, 5) is 29.7. The zero-order chi connectivity index (χ0) is 17.7. The summed E-state index contributed by atoms with van der Waals surface area (Å²) < 4.78 is 0. The first kappa shape index (κ1) is 19.2. The van der Waals surface area contributed by atoms with E-state index in [-0.39, 0.29) is 12.5 Å². The number of amides is 1. The lowest BCUT2D eigenvalue weighted by atomic mass is 9.92. The SMILES string of the molecule is CC1CC(C)CN(C(=O)CN2CCCC(N(C)CC(=O)O)CC2)C1. The molecule has 1 N–H and O–H groups in total. The fourth-order valence-electron chi connectivity index (χ4n) is 4.24. The van der Waals surface area contributed by atoms with Gasteiger partial charge in [-0.1, -0.05) is 13.8 Å². The Bertz CT molecular complexity index is 433. The van der Waals surface area contributed by atoms with Crippen LogP contribution in [-0.2, 0) is 9.59 Å². The van der Waals surface area contributed by atoms with Gasteiger partial charge in [0.1, 0.15) is 0 Å². The average molecular weight is 339 g/mol. The number of carboxylic acid groups (broad SMARTS) is 1. The number of hydrogen-bond acceptors (Lipinski definition) is 4. The number of carbonyl (C=O) groups excluding carboxylic acids is 1. The minimum atomic E-state index is -0.776. The third kappa shape index (κ3) is 5.74. The first-order valence-corrected chi connectivity index (χ1v) is 9.27. The standard InChI is InChI=1S/C18H33N3O3/c1-14-9-15(2)11-21(10-14)17(22)12-20-7-4-5-16(6-8-20)19(3)13-18(23)24/h14-16H,4-13H2,1-3H3,(H,23,24). The van der Waals surface area contributed by atoms with Crippen molar-refractivity contribution in [3.8, 4) is 0 Å². The molecule has 2 rings (SSSR count). The van der Waals surface area contributed by atoms with Crippen molar-refractivity contribution in [1.82, 2.24) is 14.7 Å². The largest absolute Gasteiger partial charge is 0.480 e. The van der Waals surface area contributed by atoms with E-state index in [1.165, 1.54) is 6.42 Å². The Labute approximate surface area is 145 Å². The molecule has 2 aliphatic rings. The van der Waals surface area contributed by atoms with E-state index in [0.29, 0.717) is 24.4 Å². The van der Waals surface area contributed by atoms with Gasteiger partial charge in [-0.25, -0.2) is 0 Å². The van der Waals surface area contributed by atoms with Crippen molar-refractivity contribution < 1.29 is 14.7 Å². The fraction of sp³-hybridized carbons (Fsp3) is 0.889. The molecular formula is C18H33N3O3. The highest BCUT2D eigenvalue weighted by Crippen LogP contribution is 2.21. The van der Waals surface area contributed by atoms with E-state index in [1.54, 1.807) is 0 Å². The fourth-order valence-corrected chi connectivity index (χ4v) is 4.24. The Morgan fingerprint density at radius 1 is 1.12 bits per heavy atom. The summed E-state index contributed by atoms with van der Waals surface area (Å²) >= 11 is 0. The quantitative estimate of drug-likeness (QED) is 0.819. The van der Waals surface area contributed by atoms with Gasteiger partial charge in [0.2, 0.25) is 5.91 Å². The van der Waals surface area contributed by atoms with Crippen LogP contribution in [0.2, 0.25) is 0 Å². The molecule has 138 valence electrons. The molecule has 2 saturated heterocycles. The second-order valence-corrected chi connectivity index (χ2v) is 7.91. The van der Waals surface area contributed by atoms with Gasteiger partial charge in [0.15, 0.2) is 0 Å². The van der Waals surface area contributed by atoms with Crippen molar-refractivity contribution >= 4 is 11.9 Å². The molecule has 6 heteroatoms. The van der Waals surface area contributed by atoms with Crippen LogP contribution in [0.1, 0.15) is 39.5 Å². The van der Waals surface area contributed by atoms with E-state index in [2.05, 4.69) is 18.7 Å². The van der Waals surface area contributed by atoms with Crippen LogP contribution >= 0.6 is 0 Å². The highest BCUT2D eigenvalue weighted by molar-refractivity contribution is 5.78. The summed E-state index contributed by atoms with van der Waals surface area (Å²) in [6.45, 7) is 8.64. The van der Waals surface area contributed by atoms with Crippen LogP contribution < -0.4 is 0 Å². The van der Waals surface area contributed by atoms with Gasteiger partial charge in [-0.15, -0.1) is 0 Å². The Morgan fingerprint density at radius 2 is 1.79 bits per heavy atom. The minimum Gasteiger partial charge on any atom is -0.480 e. The molecule has 2 aliphatic heterocycles. The van der Waals surface area contributed by atoms with Crippen LogP contribution in [0.3, 0.4) is 0 Å². The van der Waals surface area contributed by atoms with E-state index < -0.39 is 5.97 Å². The number of nitrogens with zero attached hydrogens (tertiary/aromatic N) is 3. The molecule has 0 saturated carbocycles. The summed E-state index contributed by atoms with van der Waals surface area (Å²) in [6, 6.07) is 0.302. The van der Waals surface area contributed by atoms with Gasteiger partial charge in [0, 0.05) is 25.7 Å². The zero-order valence-corrected chi connectivity index (χ0v) is 15.4. The van der Waals surface area contributed by atoms with Gasteiger partial charge in [-0.3, -0.25) is 19.4 Å². The number of carboxylic acids is 1. The van der Waals surface area contributed by atoms with Crippen molar-refractivity contribution in [3.63, 3.8) is 0 Å². The van der Waals surface area contributed by atoms with E-state index >= 15 is 0 Å². The molecule has 0 bridgehead atoms. The van der Waals surface area contributed by atoms with Crippen LogP contribution in [0.5, 0.6) is 0 Å². The third-order valence-electron chi connectivity index (χ3n) is 5.38. The predicted octanol–water partition coefficient (Wildman–Crippen LogP) is 1.36. The molecule has 24 heavy (non-hydrogen) atoms. The summed E-state index contributed by atoms with van der Waals surface area (Å²) in [5.41, 5.74) is 0. The van der Waals surface area contributed by atoms with Crippen molar-refractivity contribution in [1.29, 1.82) is 0 Å². The summed E-state index contributed by atoms with van der Waals surface area (Å²) in [7, 11) is 1.89. The number of piperidine rings is 1. The highest BCUT2D eigenvalue weighted by atomic mass is 16.4. The second kappa shape index (κ2) is 8.81. The maximum atomic E-state index is 12.6. The number of rotatable bonds is 5. The van der Waals surface area contributed by atoms with Crippen LogP contribution in [0, 0.1) is 11.8 Å². The molecule has 0 spiro atoms. The molecule has 2 fully saturated rings. The highest BCUT2D eigenvalue weighted by Gasteiger charge is 2.28. The van der Waals surface area contributed by atoms with Gasteiger partial charge < -0.3 is 10.0 Å². The topological polar surface area (TPSA) is 64.1 Å². The smallest absolute Gasteiger partial charge is 0.317 e. The van der Waals surface area contributed by atoms with Crippen LogP contribution in [0.4, 0.5) is 0 Å². The first-order valence-electron chi connectivity index (χ1n) is 9.27. The third-order valence-corrected chi connectivity index (χ3v) is 5.38. The van der Waals surface area contributed by atoms with Gasteiger partial charge >= 0.3 is 5.97 Å². The maximum Gasteiger partial charge on any atom is 0.317 e. The van der Waals surface area contributed by atoms with Gasteiger partial charge in [-0.05, 0) is 51.1 Å². The predicted molar refractivity (Wildman–Crippen MR) is 93.9 cm³/mol. The van der Waals surface area contributed by atoms with Crippen LogP contribution in [0.25, 0.3) is 0 Å². The number of aliphatic carboxylic acids is 1. The zero-order valence-electron chi connectivity index (χ0n) is 15.4. The lowest BCUT2D eigenvalue weighted by Gasteiger charge is -2.36. The number of likely N-dealkylation sites (N-methyl/N-ethyl adjacent to an activating group) is 1. The normalized spacial score (nSPS) is 29.5. The summed E-state index contributed by atoms with van der Waals surface area (Å²) in [5.74, 6) is 0.666. The Hall–Kier alpha value is -1.14. The number of carbonyl (C=O) groups is 2. The number of hydrogen-bond donors (Lipinski definition) is 1. The lowest BCUT2D eigenvalue weighted by molar-refractivity contribution is -0.138. The molecule has 3 atom stereocenters. The Morgan fingerprint density at radius 3 is 2.42 bits per heavy atom.